The van der Waals surface area contributed by atoms with E-state index in [2.05, 4.69) is 20.6 Å². The van der Waals surface area contributed by atoms with Gasteiger partial charge in [-0.15, -0.1) is 0 Å². The van der Waals surface area contributed by atoms with Gasteiger partial charge in [0.25, 0.3) is 0 Å². The lowest BCUT2D eigenvalue weighted by molar-refractivity contribution is 0.392. The van der Waals surface area contributed by atoms with E-state index in [0.717, 1.165) is 30.5 Å². The summed E-state index contributed by atoms with van der Waals surface area (Å²) >= 11 is 0. The van der Waals surface area contributed by atoms with Gasteiger partial charge < -0.3 is 15.4 Å². The molecule has 2 N–H and O–H groups in total. The van der Waals surface area contributed by atoms with Gasteiger partial charge in [0, 0.05) is 30.3 Å². The molecule has 0 radical (unpaired) electrons. The Morgan fingerprint density at radius 1 is 1.23 bits per heavy atom. The second kappa shape index (κ2) is 8.17. The van der Waals surface area contributed by atoms with Crippen molar-refractivity contribution in [3.63, 3.8) is 0 Å². The van der Waals surface area contributed by atoms with Crippen molar-refractivity contribution < 1.29 is 9.13 Å². The summed E-state index contributed by atoms with van der Waals surface area (Å²) in [6.45, 7) is 3.89. The molecule has 0 unspecified atom stereocenters. The normalized spacial score (nSPS) is 15.4. The van der Waals surface area contributed by atoms with E-state index >= 15 is 0 Å². The van der Waals surface area contributed by atoms with Crippen LogP contribution in [0.25, 0.3) is 0 Å². The molecule has 3 rings (SSSR count). The van der Waals surface area contributed by atoms with Crippen molar-refractivity contribution in [3.05, 3.63) is 59.5 Å². The molecule has 6 heteroatoms. The van der Waals surface area contributed by atoms with Gasteiger partial charge in [-0.25, -0.2) is 14.4 Å². The average Bonchev–Trinajstić information content (AvgIpc) is 3.45. The summed E-state index contributed by atoms with van der Waals surface area (Å²) in [5, 5.41) is 6.61. The Balaban J connectivity index is 1.68. The predicted octanol–water partition coefficient (Wildman–Crippen LogP) is 3.02. The van der Waals surface area contributed by atoms with Crippen LogP contribution in [0.2, 0.25) is 0 Å². The van der Waals surface area contributed by atoms with Gasteiger partial charge in [-0.3, -0.25) is 0 Å². The lowest BCUT2D eigenvalue weighted by Gasteiger charge is -2.19. The predicted molar refractivity (Wildman–Crippen MR) is 101 cm³/mol. The summed E-state index contributed by atoms with van der Waals surface area (Å²) in [4.78, 5) is 8.81. The van der Waals surface area contributed by atoms with Gasteiger partial charge in [-0.1, -0.05) is 24.3 Å². The molecule has 1 aromatic heterocycles. The number of guanidine groups is 1. The zero-order chi connectivity index (χ0) is 18.4. The molecule has 1 saturated carbocycles. The van der Waals surface area contributed by atoms with Crippen LogP contribution in [0.4, 0.5) is 4.39 Å². The monoisotopic (exact) mass is 356 g/mol. The molecule has 1 aliphatic rings. The maximum atomic E-state index is 14.2. The van der Waals surface area contributed by atoms with Gasteiger partial charge in [0.15, 0.2) is 5.96 Å². The fraction of sp³-hybridized carbons (Fsp3) is 0.400. The topological polar surface area (TPSA) is 58.5 Å². The first-order chi connectivity index (χ1) is 12.7. The van der Waals surface area contributed by atoms with Crippen molar-refractivity contribution in [2.75, 3.05) is 20.2 Å². The Morgan fingerprint density at radius 2 is 2.04 bits per heavy atom. The Hall–Kier alpha value is -2.63. The minimum atomic E-state index is -0.131. The van der Waals surface area contributed by atoms with Crippen LogP contribution in [0, 0.1) is 5.82 Å². The van der Waals surface area contributed by atoms with Gasteiger partial charge in [0.1, 0.15) is 5.82 Å². The van der Waals surface area contributed by atoms with Crippen LogP contribution >= 0.6 is 0 Å². The number of ether oxygens (including phenoxy) is 1. The first kappa shape index (κ1) is 18.2. The minimum Gasteiger partial charge on any atom is -0.481 e. The van der Waals surface area contributed by atoms with Crippen LogP contribution in [-0.2, 0) is 12.0 Å². The summed E-state index contributed by atoms with van der Waals surface area (Å²) < 4.78 is 19.4. The number of pyridine rings is 1. The van der Waals surface area contributed by atoms with Gasteiger partial charge >= 0.3 is 0 Å². The zero-order valence-electron chi connectivity index (χ0n) is 15.3. The molecule has 0 spiro atoms. The molecule has 0 aliphatic heterocycles. The number of methoxy groups -OCH3 is 1. The summed E-state index contributed by atoms with van der Waals surface area (Å²) in [5.74, 6) is 1.16. The summed E-state index contributed by atoms with van der Waals surface area (Å²) in [6, 6.07) is 10.9. The first-order valence-electron chi connectivity index (χ1n) is 8.93. The van der Waals surface area contributed by atoms with Crippen molar-refractivity contribution in [1.82, 2.24) is 15.6 Å². The maximum absolute atomic E-state index is 14.2. The van der Waals surface area contributed by atoms with E-state index < -0.39 is 0 Å². The number of hydrogen-bond acceptors (Lipinski definition) is 3. The molecule has 1 fully saturated rings. The van der Waals surface area contributed by atoms with Crippen molar-refractivity contribution in [3.8, 4) is 5.88 Å². The quantitative estimate of drug-likeness (QED) is 0.591. The number of nitrogens with zero attached hydrogens (tertiary/aromatic N) is 2. The Bertz CT molecular complexity index is 774. The van der Waals surface area contributed by atoms with E-state index in [1.54, 1.807) is 19.4 Å². The van der Waals surface area contributed by atoms with Crippen molar-refractivity contribution in [2.45, 2.75) is 31.7 Å². The first-order valence-corrected chi connectivity index (χ1v) is 8.93. The number of aromatic nitrogens is 1. The lowest BCUT2D eigenvalue weighted by Crippen LogP contribution is -2.41. The smallest absolute Gasteiger partial charge is 0.218 e. The zero-order valence-corrected chi connectivity index (χ0v) is 15.3. The maximum Gasteiger partial charge on any atom is 0.218 e. The SMILES string of the molecule is CCNC(=NCc1cccnc1OC)NCC1(c2ccccc2F)CC1. The van der Waals surface area contributed by atoms with Crippen molar-refractivity contribution in [2.24, 2.45) is 4.99 Å². The van der Waals surface area contributed by atoms with Gasteiger partial charge in [-0.2, -0.15) is 0 Å². The van der Waals surface area contributed by atoms with Crippen LogP contribution in [0.15, 0.2) is 47.6 Å². The summed E-state index contributed by atoms with van der Waals surface area (Å²) in [7, 11) is 1.60. The summed E-state index contributed by atoms with van der Waals surface area (Å²) in [5.41, 5.74) is 1.58. The molecule has 26 heavy (non-hydrogen) atoms. The van der Waals surface area contributed by atoms with E-state index in [0.29, 0.717) is 24.9 Å². The molecule has 1 heterocycles. The third-order valence-electron chi connectivity index (χ3n) is 4.69. The molecular weight excluding hydrogens is 331 g/mol. The Labute approximate surface area is 153 Å². The van der Waals surface area contributed by atoms with Crippen molar-refractivity contribution >= 4 is 5.96 Å². The second-order valence-electron chi connectivity index (χ2n) is 6.48. The van der Waals surface area contributed by atoms with E-state index in [4.69, 9.17) is 4.74 Å². The molecule has 2 aromatic rings. The fourth-order valence-corrected chi connectivity index (χ4v) is 3.07. The number of aliphatic imine (C=N–C) groups is 1. The molecule has 138 valence electrons. The molecule has 5 nitrogen and oxygen atoms in total. The number of rotatable bonds is 7. The highest BCUT2D eigenvalue weighted by Gasteiger charge is 2.45. The molecule has 0 bridgehead atoms. The standard InChI is InChI=1S/C20H25FN4O/c1-3-22-19(24-13-15-7-6-12-23-18(15)26-2)25-14-20(10-11-20)16-8-4-5-9-17(16)21/h4-9,12H,3,10-11,13-14H2,1-2H3,(H2,22,24,25). The fourth-order valence-electron chi connectivity index (χ4n) is 3.07. The Morgan fingerprint density at radius 3 is 2.73 bits per heavy atom. The van der Waals surface area contributed by atoms with E-state index in [-0.39, 0.29) is 11.2 Å². The van der Waals surface area contributed by atoms with Crippen LogP contribution in [0.3, 0.4) is 0 Å². The highest BCUT2D eigenvalue weighted by molar-refractivity contribution is 5.80. The molecular formula is C20H25FN4O. The van der Waals surface area contributed by atoms with Gasteiger partial charge in [0.05, 0.1) is 13.7 Å². The van der Waals surface area contributed by atoms with E-state index in [1.165, 1.54) is 6.07 Å². The number of hydrogen-bond donors (Lipinski definition) is 2. The van der Waals surface area contributed by atoms with Crippen LogP contribution in [-0.4, -0.2) is 31.1 Å². The van der Waals surface area contributed by atoms with Gasteiger partial charge in [-0.05, 0) is 37.5 Å². The molecule has 0 amide bonds. The largest absolute Gasteiger partial charge is 0.481 e. The molecule has 1 aromatic carbocycles. The highest BCUT2D eigenvalue weighted by atomic mass is 19.1. The van der Waals surface area contributed by atoms with Crippen molar-refractivity contribution in [1.29, 1.82) is 0 Å². The van der Waals surface area contributed by atoms with E-state index in [9.17, 15) is 4.39 Å². The summed E-state index contributed by atoms with van der Waals surface area (Å²) in [6.07, 6.45) is 3.66. The average molecular weight is 356 g/mol. The molecule has 0 saturated heterocycles. The van der Waals surface area contributed by atoms with E-state index in [1.807, 2.05) is 31.2 Å². The molecule has 0 atom stereocenters. The minimum absolute atomic E-state index is 0.131. The second-order valence-corrected chi connectivity index (χ2v) is 6.48. The van der Waals surface area contributed by atoms with Crippen LogP contribution < -0.4 is 15.4 Å². The Kier molecular flexibility index (Phi) is 5.71. The van der Waals surface area contributed by atoms with Crippen LogP contribution in [0.1, 0.15) is 30.9 Å². The molecule has 1 aliphatic carbocycles. The number of nitrogens with one attached hydrogen (secondary N) is 2. The van der Waals surface area contributed by atoms with Gasteiger partial charge in [0.2, 0.25) is 5.88 Å². The highest BCUT2D eigenvalue weighted by Crippen LogP contribution is 2.48. The number of halogens is 1. The lowest BCUT2D eigenvalue weighted by atomic mass is 9.95. The number of benzene rings is 1. The third-order valence-corrected chi connectivity index (χ3v) is 4.69. The van der Waals surface area contributed by atoms with Crippen LogP contribution in [0.5, 0.6) is 5.88 Å². The third kappa shape index (κ3) is 4.12.